The van der Waals surface area contributed by atoms with Gasteiger partial charge < -0.3 is 15.8 Å². The van der Waals surface area contributed by atoms with Gasteiger partial charge in [0, 0.05) is 12.6 Å². The van der Waals surface area contributed by atoms with Gasteiger partial charge in [0.1, 0.15) is 6.61 Å². The highest BCUT2D eigenvalue weighted by molar-refractivity contribution is 5.74. The number of carbonyl (C=O) groups is 1. The molecule has 0 heterocycles. The molecule has 4 nitrogen and oxygen atoms in total. The summed E-state index contributed by atoms with van der Waals surface area (Å²) in [5.74, 6) is 1.28. The third-order valence-electron chi connectivity index (χ3n) is 3.51. The van der Waals surface area contributed by atoms with Gasteiger partial charge in [-0.25, -0.2) is 0 Å². The zero-order valence-electron chi connectivity index (χ0n) is 11.8. The largest absolute Gasteiger partial charge is 0.370 e. The Labute approximate surface area is 111 Å². The van der Waals surface area contributed by atoms with Crippen LogP contribution in [-0.4, -0.2) is 31.7 Å². The number of hydrogen-bond donors (Lipinski definition) is 2. The van der Waals surface area contributed by atoms with Crippen LogP contribution in [0, 0.1) is 11.8 Å². The van der Waals surface area contributed by atoms with Crippen molar-refractivity contribution < 1.29 is 9.53 Å². The Kier molecular flexibility index (Phi) is 7.28. The Balaban J connectivity index is 2.08. The molecule has 2 unspecified atom stereocenters. The summed E-state index contributed by atoms with van der Waals surface area (Å²) >= 11 is 0. The van der Waals surface area contributed by atoms with E-state index in [4.69, 9.17) is 10.5 Å². The standard InChI is InChI=1S/C14H28N2O2/c1-11(2)8-12-4-3-5-13(9-12)16-6-7-18-10-14(15)17/h11-13,16H,3-10H2,1-2H3,(H2,15,17). The van der Waals surface area contributed by atoms with Gasteiger partial charge in [-0.2, -0.15) is 0 Å². The number of ether oxygens (including phenoxy) is 1. The zero-order valence-corrected chi connectivity index (χ0v) is 11.8. The number of primary amides is 1. The van der Waals surface area contributed by atoms with E-state index < -0.39 is 5.91 Å². The minimum Gasteiger partial charge on any atom is -0.370 e. The van der Waals surface area contributed by atoms with E-state index in [0.717, 1.165) is 18.4 Å². The fraction of sp³-hybridized carbons (Fsp3) is 0.929. The minimum atomic E-state index is -0.398. The summed E-state index contributed by atoms with van der Waals surface area (Å²) in [7, 11) is 0. The lowest BCUT2D eigenvalue weighted by Gasteiger charge is -2.30. The predicted octanol–water partition coefficient (Wildman–Crippen LogP) is 1.68. The zero-order chi connectivity index (χ0) is 13.4. The molecule has 0 aromatic rings. The maximum Gasteiger partial charge on any atom is 0.243 e. The van der Waals surface area contributed by atoms with Crippen molar-refractivity contribution in [2.45, 2.75) is 52.0 Å². The van der Waals surface area contributed by atoms with Crippen LogP contribution in [0.3, 0.4) is 0 Å². The fourth-order valence-corrected chi connectivity index (χ4v) is 2.87. The van der Waals surface area contributed by atoms with Gasteiger partial charge in [-0.15, -0.1) is 0 Å². The summed E-state index contributed by atoms with van der Waals surface area (Å²) in [6, 6.07) is 0.625. The highest BCUT2D eigenvalue weighted by Gasteiger charge is 2.21. The van der Waals surface area contributed by atoms with E-state index in [1.54, 1.807) is 0 Å². The second-order valence-corrected chi connectivity index (χ2v) is 5.83. The molecule has 0 aromatic heterocycles. The van der Waals surface area contributed by atoms with Crippen molar-refractivity contribution in [1.82, 2.24) is 5.32 Å². The van der Waals surface area contributed by atoms with Crippen LogP contribution in [0.4, 0.5) is 0 Å². The number of nitrogens with one attached hydrogen (secondary N) is 1. The van der Waals surface area contributed by atoms with Crippen LogP contribution in [0.2, 0.25) is 0 Å². The Morgan fingerprint density at radius 3 is 2.89 bits per heavy atom. The predicted molar refractivity (Wildman–Crippen MR) is 73.2 cm³/mol. The third-order valence-corrected chi connectivity index (χ3v) is 3.51. The SMILES string of the molecule is CC(C)CC1CCCC(NCCOCC(N)=O)C1. The highest BCUT2D eigenvalue weighted by atomic mass is 16.5. The third kappa shape index (κ3) is 6.97. The van der Waals surface area contributed by atoms with E-state index in [-0.39, 0.29) is 6.61 Å². The van der Waals surface area contributed by atoms with Crippen LogP contribution in [0.15, 0.2) is 0 Å². The van der Waals surface area contributed by atoms with Gasteiger partial charge in [0.15, 0.2) is 0 Å². The second-order valence-electron chi connectivity index (χ2n) is 5.83. The van der Waals surface area contributed by atoms with Crippen molar-refractivity contribution in [1.29, 1.82) is 0 Å². The maximum atomic E-state index is 10.5. The van der Waals surface area contributed by atoms with Gasteiger partial charge in [-0.1, -0.05) is 26.7 Å². The molecule has 3 N–H and O–H groups in total. The lowest BCUT2D eigenvalue weighted by molar-refractivity contribution is -0.122. The monoisotopic (exact) mass is 256 g/mol. The number of nitrogens with two attached hydrogens (primary N) is 1. The summed E-state index contributed by atoms with van der Waals surface area (Å²) in [4.78, 5) is 10.5. The molecule has 2 atom stereocenters. The molecule has 1 amide bonds. The van der Waals surface area contributed by atoms with Gasteiger partial charge >= 0.3 is 0 Å². The van der Waals surface area contributed by atoms with E-state index in [1.165, 1.54) is 32.1 Å². The number of carbonyl (C=O) groups excluding carboxylic acids is 1. The maximum absolute atomic E-state index is 10.5. The smallest absolute Gasteiger partial charge is 0.243 e. The molecule has 106 valence electrons. The quantitative estimate of drug-likeness (QED) is 0.649. The van der Waals surface area contributed by atoms with E-state index in [2.05, 4.69) is 19.2 Å². The topological polar surface area (TPSA) is 64.3 Å². The molecule has 1 rings (SSSR count). The van der Waals surface area contributed by atoms with Crippen molar-refractivity contribution in [3.05, 3.63) is 0 Å². The van der Waals surface area contributed by atoms with E-state index in [1.807, 2.05) is 0 Å². The molecule has 0 bridgehead atoms. The Morgan fingerprint density at radius 1 is 1.44 bits per heavy atom. The van der Waals surface area contributed by atoms with Gasteiger partial charge in [0.2, 0.25) is 5.91 Å². The summed E-state index contributed by atoms with van der Waals surface area (Å²) in [6.45, 7) is 6.01. The lowest BCUT2D eigenvalue weighted by atomic mass is 9.81. The molecule has 0 aromatic carbocycles. The molecule has 1 aliphatic rings. The lowest BCUT2D eigenvalue weighted by Crippen LogP contribution is -2.36. The molecular formula is C14H28N2O2. The first kappa shape index (κ1) is 15.4. The van der Waals surface area contributed by atoms with Crippen molar-refractivity contribution >= 4 is 5.91 Å². The average Bonchev–Trinajstić information content (AvgIpc) is 2.27. The Morgan fingerprint density at radius 2 is 2.22 bits per heavy atom. The molecule has 18 heavy (non-hydrogen) atoms. The average molecular weight is 256 g/mol. The van der Waals surface area contributed by atoms with Gasteiger partial charge in [-0.05, 0) is 31.1 Å². The molecule has 4 heteroatoms. The second kappa shape index (κ2) is 8.48. The summed E-state index contributed by atoms with van der Waals surface area (Å²) in [5, 5.41) is 3.52. The number of hydrogen-bond acceptors (Lipinski definition) is 3. The molecule has 1 saturated carbocycles. The van der Waals surface area contributed by atoms with Gasteiger partial charge in [0.25, 0.3) is 0 Å². The van der Waals surface area contributed by atoms with Crippen LogP contribution in [0.25, 0.3) is 0 Å². The first-order valence-electron chi connectivity index (χ1n) is 7.17. The van der Waals surface area contributed by atoms with Crippen LogP contribution < -0.4 is 11.1 Å². The molecular weight excluding hydrogens is 228 g/mol. The van der Waals surface area contributed by atoms with Crippen LogP contribution in [-0.2, 0) is 9.53 Å². The summed E-state index contributed by atoms with van der Waals surface area (Å²) in [6.07, 6.45) is 6.61. The van der Waals surface area contributed by atoms with Crippen molar-refractivity contribution in [2.24, 2.45) is 17.6 Å². The van der Waals surface area contributed by atoms with E-state index in [9.17, 15) is 4.79 Å². The molecule has 0 aliphatic heterocycles. The first-order valence-corrected chi connectivity index (χ1v) is 7.17. The van der Waals surface area contributed by atoms with Gasteiger partial charge in [0.05, 0.1) is 6.61 Å². The van der Waals surface area contributed by atoms with Crippen LogP contribution >= 0.6 is 0 Å². The van der Waals surface area contributed by atoms with Crippen molar-refractivity contribution in [3.8, 4) is 0 Å². The number of amides is 1. The molecule has 0 spiro atoms. The van der Waals surface area contributed by atoms with Crippen molar-refractivity contribution in [3.63, 3.8) is 0 Å². The number of rotatable bonds is 8. The van der Waals surface area contributed by atoms with Crippen molar-refractivity contribution in [2.75, 3.05) is 19.8 Å². The van der Waals surface area contributed by atoms with Gasteiger partial charge in [-0.3, -0.25) is 4.79 Å². The van der Waals surface area contributed by atoms with Crippen LogP contribution in [0.1, 0.15) is 46.0 Å². The normalized spacial score (nSPS) is 24.4. The summed E-state index contributed by atoms with van der Waals surface area (Å²) in [5.41, 5.74) is 5.00. The minimum absolute atomic E-state index is 0.0301. The Hall–Kier alpha value is -0.610. The van der Waals surface area contributed by atoms with E-state index in [0.29, 0.717) is 12.6 Å². The summed E-state index contributed by atoms with van der Waals surface area (Å²) < 4.78 is 5.14. The highest BCUT2D eigenvalue weighted by Crippen LogP contribution is 2.29. The molecule has 0 radical (unpaired) electrons. The van der Waals surface area contributed by atoms with Crippen LogP contribution in [0.5, 0.6) is 0 Å². The molecule has 0 saturated heterocycles. The molecule has 1 fully saturated rings. The fourth-order valence-electron chi connectivity index (χ4n) is 2.87. The first-order chi connectivity index (χ1) is 8.58. The molecule has 1 aliphatic carbocycles. The Bertz CT molecular complexity index is 244. The van der Waals surface area contributed by atoms with E-state index >= 15 is 0 Å².